The third kappa shape index (κ3) is 2.78. The van der Waals surface area contributed by atoms with Crippen molar-refractivity contribution < 1.29 is 9.53 Å². The molecule has 0 aromatic heterocycles. The van der Waals surface area contributed by atoms with E-state index in [9.17, 15) is 4.79 Å². The zero-order valence-electron chi connectivity index (χ0n) is 11.3. The van der Waals surface area contributed by atoms with Gasteiger partial charge >= 0.3 is 0 Å². The zero-order chi connectivity index (χ0) is 15.0. The first-order chi connectivity index (χ1) is 10.1. The fourth-order valence-corrected chi connectivity index (χ4v) is 2.95. The van der Waals surface area contributed by atoms with Gasteiger partial charge in [0.25, 0.3) is 5.91 Å². The summed E-state index contributed by atoms with van der Waals surface area (Å²) in [4.78, 5) is 14.6. The highest BCUT2D eigenvalue weighted by molar-refractivity contribution is 9.10. The van der Waals surface area contributed by atoms with Gasteiger partial charge in [0.05, 0.1) is 22.8 Å². The number of carbonyl (C=O) groups excluding carboxylic acids is 1. The van der Waals surface area contributed by atoms with Crippen LogP contribution in [0.5, 0.6) is 5.75 Å². The number of hydrogen-bond acceptors (Lipinski definition) is 2. The molecule has 0 saturated carbocycles. The Morgan fingerprint density at radius 1 is 1.33 bits per heavy atom. The molecule has 0 saturated heterocycles. The van der Waals surface area contributed by atoms with Crippen LogP contribution in [0.25, 0.3) is 0 Å². The predicted molar refractivity (Wildman–Crippen MR) is 87.4 cm³/mol. The second kappa shape index (κ2) is 5.70. The fraction of sp³-hybridized carbons (Fsp3) is 0.188. The van der Waals surface area contributed by atoms with Crippen LogP contribution >= 0.6 is 27.5 Å². The maximum Gasteiger partial charge on any atom is 0.260 e. The highest BCUT2D eigenvalue weighted by Crippen LogP contribution is 2.35. The summed E-state index contributed by atoms with van der Waals surface area (Å²) in [6.07, 6.45) is -0.0604. The largest absolute Gasteiger partial charge is 0.487 e. The minimum absolute atomic E-state index is 0.0604. The second-order valence-electron chi connectivity index (χ2n) is 4.94. The normalized spacial score (nSPS) is 17.1. The molecule has 0 radical (unpaired) electrons. The van der Waals surface area contributed by atoms with E-state index in [1.165, 1.54) is 0 Å². The van der Waals surface area contributed by atoms with E-state index in [1.54, 1.807) is 17.0 Å². The molecule has 3 nitrogen and oxygen atoms in total. The third-order valence-electron chi connectivity index (χ3n) is 3.33. The summed E-state index contributed by atoms with van der Waals surface area (Å²) >= 11 is 9.55. The molecule has 0 aliphatic carbocycles. The van der Waals surface area contributed by atoms with Crippen LogP contribution in [0.3, 0.4) is 0 Å². The number of nitrogens with zero attached hydrogens (tertiary/aromatic N) is 1. The van der Waals surface area contributed by atoms with Gasteiger partial charge < -0.3 is 9.64 Å². The Bertz CT molecular complexity index is 704. The summed E-state index contributed by atoms with van der Waals surface area (Å²) in [6.45, 7) is 2.44. The Kier molecular flexibility index (Phi) is 3.91. The van der Waals surface area contributed by atoms with E-state index in [-0.39, 0.29) is 12.0 Å². The van der Waals surface area contributed by atoms with Crippen LogP contribution in [-0.4, -0.2) is 18.6 Å². The van der Waals surface area contributed by atoms with Crippen molar-refractivity contribution in [3.05, 3.63) is 57.5 Å². The number of halogens is 2. The number of amides is 1. The Hall–Kier alpha value is -1.52. The topological polar surface area (TPSA) is 29.5 Å². The third-order valence-corrected chi connectivity index (χ3v) is 4.15. The van der Waals surface area contributed by atoms with Gasteiger partial charge in [-0.1, -0.05) is 39.7 Å². The summed E-state index contributed by atoms with van der Waals surface area (Å²) < 4.78 is 6.59. The summed E-state index contributed by atoms with van der Waals surface area (Å²) in [7, 11) is 0. The van der Waals surface area contributed by atoms with Gasteiger partial charge in [0.15, 0.2) is 0 Å². The van der Waals surface area contributed by atoms with Crippen molar-refractivity contribution in [3.63, 3.8) is 0 Å². The maximum absolute atomic E-state index is 12.8. The van der Waals surface area contributed by atoms with Crippen molar-refractivity contribution in [1.82, 2.24) is 0 Å². The monoisotopic (exact) mass is 365 g/mol. The van der Waals surface area contributed by atoms with E-state index in [0.717, 1.165) is 15.9 Å². The van der Waals surface area contributed by atoms with Gasteiger partial charge in [0.1, 0.15) is 11.9 Å². The van der Waals surface area contributed by atoms with Gasteiger partial charge in [-0.3, -0.25) is 4.79 Å². The lowest BCUT2D eigenvalue weighted by Gasteiger charge is -2.33. The molecule has 21 heavy (non-hydrogen) atoms. The quantitative estimate of drug-likeness (QED) is 0.742. The first-order valence-electron chi connectivity index (χ1n) is 6.59. The lowest BCUT2D eigenvalue weighted by molar-refractivity contribution is 0.0961. The Balaban J connectivity index is 2.04. The number of carbonyl (C=O) groups is 1. The van der Waals surface area contributed by atoms with Crippen molar-refractivity contribution in [1.29, 1.82) is 0 Å². The second-order valence-corrected chi connectivity index (χ2v) is 6.26. The number of anilines is 1. The van der Waals surface area contributed by atoms with E-state index in [0.29, 0.717) is 17.1 Å². The molecule has 0 bridgehead atoms. The minimum Gasteiger partial charge on any atom is -0.487 e. The average Bonchev–Trinajstić information content (AvgIpc) is 2.48. The van der Waals surface area contributed by atoms with Crippen LogP contribution in [0.15, 0.2) is 46.9 Å². The molecule has 0 spiro atoms. The summed E-state index contributed by atoms with van der Waals surface area (Å²) in [6, 6.07) is 12.8. The van der Waals surface area contributed by atoms with E-state index in [2.05, 4.69) is 15.9 Å². The highest BCUT2D eigenvalue weighted by Gasteiger charge is 2.29. The van der Waals surface area contributed by atoms with Crippen molar-refractivity contribution >= 4 is 39.1 Å². The predicted octanol–water partition coefficient (Wildman–Crippen LogP) is 4.53. The van der Waals surface area contributed by atoms with Gasteiger partial charge in [-0.2, -0.15) is 0 Å². The van der Waals surface area contributed by atoms with Gasteiger partial charge in [-0.25, -0.2) is 0 Å². The van der Waals surface area contributed by atoms with Gasteiger partial charge in [-0.05, 0) is 37.3 Å². The van der Waals surface area contributed by atoms with Crippen LogP contribution in [0, 0.1) is 0 Å². The first kappa shape index (κ1) is 14.4. The molecule has 1 aliphatic heterocycles. The number of fused-ring (bicyclic) bond motifs is 1. The van der Waals surface area contributed by atoms with E-state index >= 15 is 0 Å². The number of hydrogen-bond donors (Lipinski definition) is 0. The molecule has 1 heterocycles. The first-order valence-corrected chi connectivity index (χ1v) is 7.76. The van der Waals surface area contributed by atoms with E-state index < -0.39 is 0 Å². The Morgan fingerprint density at radius 2 is 2.10 bits per heavy atom. The van der Waals surface area contributed by atoms with Crippen molar-refractivity contribution in [2.45, 2.75) is 13.0 Å². The molecule has 108 valence electrons. The molecule has 1 unspecified atom stereocenters. The molecular formula is C16H13BrClNO2. The van der Waals surface area contributed by atoms with Crippen molar-refractivity contribution in [2.75, 3.05) is 11.4 Å². The number of benzene rings is 2. The molecule has 2 aromatic carbocycles. The highest BCUT2D eigenvalue weighted by atomic mass is 79.9. The molecule has 1 aliphatic rings. The van der Waals surface area contributed by atoms with E-state index in [4.69, 9.17) is 16.3 Å². The summed E-state index contributed by atoms with van der Waals surface area (Å²) in [5.41, 5.74) is 1.26. The molecule has 5 heteroatoms. The summed E-state index contributed by atoms with van der Waals surface area (Å²) in [5.74, 6) is 0.597. The van der Waals surface area contributed by atoms with Crippen LogP contribution in [-0.2, 0) is 0 Å². The minimum atomic E-state index is -0.121. The fourth-order valence-electron chi connectivity index (χ4n) is 2.39. The van der Waals surface area contributed by atoms with Crippen LogP contribution in [0.2, 0.25) is 5.02 Å². The molecule has 2 aromatic rings. The maximum atomic E-state index is 12.8. The molecule has 0 fully saturated rings. The average molecular weight is 367 g/mol. The van der Waals surface area contributed by atoms with Crippen LogP contribution in [0.4, 0.5) is 5.69 Å². The lowest BCUT2D eigenvalue weighted by atomic mass is 10.1. The molecule has 0 N–H and O–H groups in total. The van der Waals surface area contributed by atoms with Crippen molar-refractivity contribution in [3.8, 4) is 5.75 Å². The molecular weight excluding hydrogens is 354 g/mol. The lowest BCUT2D eigenvalue weighted by Crippen LogP contribution is -2.42. The Morgan fingerprint density at radius 3 is 2.90 bits per heavy atom. The number of ether oxygens (including phenoxy) is 1. The number of para-hydroxylation sites is 2. The van der Waals surface area contributed by atoms with Gasteiger partial charge in [-0.15, -0.1) is 0 Å². The van der Waals surface area contributed by atoms with Gasteiger partial charge in [0, 0.05) is 4.47 Å². The zero-order valence-corrected chi connectivity index (χ0v) is 13.7. The van der Waals surface area contributed by atoms with Crippen LogP contribution < -0.4 is 9.64 Å². The summed E-state index contributed by atoms with van der Waals surface area (Å²) in [5, 5.41) is 0.444. The Labute approximate surface area is 136 Å². The molecule has 1 amide bonds. The standard InChI is InChI=1S/C16H13BrClNO2/c1-10-9-19(14-4-2-3-5-15(14)21-10)16(20)12-8-11(17)6-7-13(12)18/h2-8,10H,9H2,1H3. The SMILES string of the molecule is CC1CN(C(=O)c2cc(Br)ccc2Cl)c2ccccc2O1. The van der Waals surface area contributed by atoms with E-state index in [1.807, 2.05) is 37.3 Å². The van der Waals surface area contributed by atoms with Gasteiger partial charge in [0.2, 0.25) is 0 Å². The number of rotatable bonds is 1. The van der Waals surface area contributed by atoms with Crippen molar-refractivity contribution in [2.24, 2.45) is 0 Å². The smallest absolute Gasteiger partial charge is 0.260 e. The molecule has 1 atom stereocenters. The molecule has 3 rings (SSSR count). The van der Waals surface area contributed by atoms with Crippen LogP contribution in [0.1, 0.15) is 17.3 Å².